The molecule has 0 heterocycles. The minimum Gasteiger partial charge on any atom is -0.377 e. The average Bonchev–Trinajstić information content (AvgIpc) is 2.64. The van der Waals surface area contributed by atoms with Crippen molar-refractivity contribution in [2.75, 3.05) is 30.9 Å². The molecule has 0 saturated heterocycles. The molecule has 2 aromatic rings. The molecule has 0 N–H and O–H groups in total. The predicted octanol–water partition coefficient (Wildman–Crippen LogP) is 7.67. The Balaban J connectivity index is 2.66. The van der Waals surface area contributed by atoms with Gasteiger partial charge in [-0.25, -0.2) is 0 Å². The molecule has 32 heavy (non-hydrogen) atoms. The fourth-order valence-corrected chi connectivity index (χ4v) is 3.92. The van der Waals surface area contributed by atoms with Crippen molar-refractivity contribution in [3.05, 3.63) is 58.1 Å². The summed E-state index contributed by atoms with van der Waals surface area (Å²) in [5.74, 6) is -0.228. The number of rotatable bonds is 6. The van der Waals surface area contributed by atoms with Gasteiger partial charge in [0.05, 0.1) is 16.8 Å². The second-order valence-electron chi connectivity index (χ2n) is 8.87. The highest BCUT2D eigenvalue weighted by Crippen LogP contribution is 2.43. The van der Waals surface area contributed by atoms with Crippen LogP contribution in [0, 0.1) is 0 Å². The third-order valence-corrected chi connectivity index (χ3v) is 5.45. The summed E-state index contributed by atoms with van der Waals surface area (Å²) in [6.07, 6.45) is -9.16. The van der Waals surface area contributed by atoms with E-state index in [1.807, 2.05) is 27.7 Å². The van der Waals surface area contributed by atoms with Crippen LogP contribution in [0.3, 0.4) is 0 Å². The number of alkyl halides is 6. The molecule has 0 spiro atoms. The van der Waals surface area contributed by atoms with E-state index in [0.717, 1.165) is 12.1 Å². The Kier molecular flexibility index (Phi) is 7.47. The van der Waals surface area contributed by atoms with Gasteiger partial charge in [-0.05, 0) is 40.7 Å². The first-order chi connectivity index (χ1) is 14.6. The Hall–Kier alpha value is -2.38. The minimum atomic E-state index is -4.62. The van der Waals surface area contributed by atoms with Crippen molar-refractivity contribution in [2.24, 2.45) is 0 Å². The average molecular weight is 461 g/mol. The van der Waals surface area contributed by atoms with Crippen LogP contribution in [0.4, 0.5) is 37.7 Å². The van der Waals surface area contributed by atoms with Gasteiger partial charge in [0.1, 0.15) is 0 Å². The lowest BCUT2D eigenvalue weighted by molar-refractivity contribution is -0.138. The molecule has 0 aliphatic carbocycles. The van der Waals surface area contributed by atoms with E-state index < -0.39 is 23.5 Å². The predicted molar refractivity (Wildman–Crippen MR) is 118 cm³/mol. The SMILES string of the molecule is CC(C)c1ccc(C(F)(F)F)cc1N(C)Cc1ccc(C(C)C)c(N(C)C)c1C(F)(F)F. The lowest BCUT2D eigenvalue weighted by atomic mass is 9.92. The molecule has 178 valence electrons. The van der Waals surface area contributed by atoms with E-state index >= 15 is 0 Å². The first-order valence-electron chi connectivity index (χ1n) is 10.4. The smallest absolute Gasteiger partial charge is 0.377 e. The number of hydrogen-bond acceptors (Lipinski definition) is 2. The summed E-state index contributed by atoms with van der Waals surface area (Å²) < 4.78 is 82.5. The third-order valence-electron chi connectivity index (χ3n) is 5.45. The van der Waals surface area contributed by atoms with Crippen molar-refractivity contribution in [3.63, 3.8) is 0 Å². The number of hydrogen-bond donors (Lipinski definition) is 0. The monoisotopic (exact) mass is 460 g/mol. The van der Waals surface area contributed by atoms with Crippen molar-refractivity contribution >= 4 is 11.4 Å². The highest BCUT2D eigenvalue weighted by Gasteiger charge is 2.39. The van der Waals surface area contributed by atoms with Gasteiger partial charge in [0.2, 0.25) is 0 Å². The molecule has 0 aliphatic heterocycles. The van der Waals surface area contributed by atoms with Crippen molar-refractivity contribution < 1.29 is 26.3 Å². The number of anilines is 2. The zero-order valence-electron chi connectivity index (χ0n) is 19.4. The molecule has 0 atom stereocenters. The first-order valence-corrected chi connectivity index (χ1v) is 10.4. The zero-order valence-corrected chi connectivity index (χ0v) is 19.4. The van der Waals surface area contributed by atoms with Gasteiger partial charge in [-0.3, -0.25) is 0 Å². The first kappa shape index (κ1) is 25.9. The van der Waals surface area contributed by atoms with Crippen LogP contribution in [0.15, 0.2) is 30.3 Å². The number of nitrogens with zero attached hydrogens (tertiary/aromatic N) is 2. The molecule has 0 fully saturated rings. The lowest BCUT2D eigenvalue weighted by Crippen LogP contribution is -2.25. The van der Waals surface area contributed by atoms with E-state index in [1.165, 1.54) is 29.0 Å². The summed E-state index contributed by atoms with van der Waals surface area (Å²) in [5, 5.41) is 0. The molecule has 2 nitrogen and oxygen atoms in total. The normalized spacial score (nSPS) is 12.6. The van der Waals surface area contributed by atoms with Gasteiger partial charge in [0, 0.05) is 33.4 Å². The zero-order chi connectivity index (χ0) is 24.6. The fraction of sp³-hybridized carbons (Fsp3) is 0.500. The molecular weight excluding hydrogens is 430 g/mol. The summed E-state index contributed by atoms with van der Waals surface area (Å²) in [6.45, 7) is 7.14. The topological polar surface area (TPSA) is 6.48 Å². The van der Waals surface area contributed by atoms with E-state index in [1.54, 1.807) is 20.2 Å². The van der Waals surface area contributed by atoms with Crippen molar-refractivity contribution in [1.82, 2.24) is 0 Å². The highest BCUT2D eigenvalue weighted by molar-refractivity contribution is 5.65. The number of halogens is 6. The second kappa shape index (κ2) is 9.24. The van der Waals surface area contributed by atoms with Crippen LogP contribution in [0.2, 0.25) is 0 Å². The largest absolute Gasteiger partial charge is 0.418 e. The van der Waals surface area contributed by atoms with Crippen LogP contribution < -0.4 is 9.80 Å². The molecule has 0 aromatic heterocycles. The van der Waals surface area contributed by atoms with Gasteiger partial charge < -0.3 is 9.80 Å². The molecule has 0 aliphatic rings. The summed E-state index contributed by atoms with van der Waals surface area (Å²) in [4.78, 5) is 2.91. The van der Waals surface area contributed by atoms with E-state index in [4.69, 9.17) is 0 Å². The van der Waals surface area contributed by atoms with Gasteiger partial charge in [0.15, 0.2) is 0 Å². The summed E-state index contributed by atoms with van der Waals surface area (Å²) in [7, 11) is 4.65. The summed E-state index contributed by atoms with van der Waals surface area (Å²) in [6, 6.07) is 6.53. The van der Waals surface area contributed by atoms with Crippen LogP contribution in [-0.4, -0.2) is 21.1 Å². The van der Waals surface area contributed by atoms with Gasteiger partial charge >= 0.3 is 12.4 Å². The van der Waals surface area contributed by atoms with E-state index in [9.17, 15) is 26.3 Å². The summed E-state index contributed by atoms with van der Waals surface area (Å²) in [5.41, 5.74) is -0.00653. The quantitative estimate of drug-likeness (QED) is 0.408. The Morgan fingerprint density at radius 1 is 0.750 bits per heavy atom. The van der Waals surface area contributed by atoms with E-state index in [-0.39, 0.29) is 35.3 Å². The van der Waals surface area contributed by atoms with Gasteiger partial charge in [0.25, 0.3) is 0 Å². The fourth-order valence-electron chi connectivity index (χ4n) is 3.92. The second-order valence-corrected chi connectivity index (χ2v) is 8.87. The standard InChI is InChI=1S/C24H30F6N2/c1-14(2)18-11-9-17(23(25,26)27)12-20(18)32(7)13-16-8-10-19(15(3)4)22(31(5)6)21(16)24(28,29)30/h8-12,14-15H,13H2,1-7H3. The molecular formula is C24H30F6N2. The molecule has 0 bridgehead atoms. The third kappa shape index (κ3) is 5.51. The Morgan fingerprint density at radius 2 is 1.28 bits per heavy atom. The Bertz CT molecular complexity index is 943. The number of benzene rings is 2. The molecule has 2 aromatic carbocycles. The summed E-state index contributed by atoms with van der Waals surface area (Å²) >= 11 is 0. The Morgan fingerprint density at radius 3 is 1.72 bits per heavy atom. The van der Waals surface area contributed by atoms with E-state index in [2.05, 4.69) is 0 Å². The maximum Gasteiger partial charge on any atom is 0.418 e. The molecule has 2 rings (SSSR count). The maximum atomic E-state index is 14.2. The minimum absolute atomic E-state index is 0.0141. The van der Waals surface area contributed by atoms with Crippen molar-refractivity contribution in [3.8, 4) is 0 Å². The molecule has 0 radical (unpaired) electrons. The molecule has 0 saturated carbocycles. The van der Waals surface area contributed by atoms with Crippen molar-refractivity contribution in [2.45, 2.75) is 58.4 Å². The van der Waals surface area contributed by atoms with E-state index in [0.29, 0.717) is 11.1 Å². The van der Waals surface area contributed by atoms with Crippen LogP contribution in [-0.2, 0) is 18.9 Å². The van der Waals surface area contributed by atoms with Crippen molar-refractivity contribution in [1.29, 1.82) is 0 Å². The van der Waals surface area contributed by atoms with Crippen LogP contribution in [0.1, 0.15) is 67.3 Å². The van der Waals surface area contributed by atoms with Gasteiger partial charge in [-0.15, -0.1) is 0 Å². The molecule has 0 amide bonds. The Labute approximate surface area is 185 Å². The van der Waals surface area contributed by atoms with Crippen LogP contribution in [0.5, 0.6) is 0 Å². The van der Waals surface area contributed by atoms with Crippen LogP contribution >= 0.6 is 0 Å². The lowest BCUT2D eigenvalue weighted by Gasteiger charge is -2.30. The maximum absolute atomic E-state index is 14.2. The van der Waals surface area contributed by atoms with Crippen LogP contribution in [0.25, 0.3) is 0 Å². The molecule has 8 heteroatoms. The molecule has 0 unspecified atom stereocenters. The van der Waals surface area contributed by atoms with Gasteiger partial charge in [-0.2, -0.15) is 26.3 Å². The highest BCUT2D eigenvalue weighted by atomic mass is 19.4. The van der Waals surface area contributed by atoms with Gasteiger partial charge in [-0.1, -0.05) is 45.9 Å².